The number of rotatable bonds is 5. The summed E-state index contributed by atoms with van der Waals surface area (Å²) in [6.45, 7) is 2.55. The van der Waals surface area contributed by atoms with Gasteiger partial charge >= 0.3 is 0 Å². The van der Waals surface area contributed by atoms with Gasteiger partial charge in [-0.15, -0.1) is 11.6 Å². The van der Waals surface area contributed by atoms with Crippen LogP contribution >= 0.6 is 11.6 Å². The number of hydrogen-bond donors (Lipinski definition) is 2. The zero-order valence-electron chi connectivity index (χ0n) is 17.6. The average Bonchev–Trinajstić information content (AvgIpc) is 3.40. The second-order valence-corrected chi connectivity index (χ2v) is 9.30. The number of hydrogen-bond acceptors (Lipinski definition) is 4. The molecule has 158 valence electrons. The molecule has 0 amide bonds. The summed E-state index contributed by atoms with van der Waals surface area (Å²) in [5.41, 5.74) is 4.08. The third-order valence-corrected chi connectivity index (χ3v) is 7.27. The van der Waals surface area contributed by atoms with E-state index in [-0.39, 0.29) is 0 Å². The van der Waals surface area contributed by atoms with Crippen LogP contribution < -0.4 is 5.32 Å². The number of pyridine rings is 2. The first-order chi connectivity index (χ1) is 14.7. The van der Waals surface area contributed by atoms with E-state index >= 15 is 0 Å². The van der Waals surface area contributed by atoms with E-state index in [9.17, 15) is 0 Å². The number of aromatic nitrogens is 3. The lowest BCUT2D eigenvalue weighted by Crippen LogP contribution is -2.30. The highest BCUT2D eigenvalue weighted by Gasteiger charge is 2.31. The maximum Gasteiger partial charge on any atom is 0.137 e. The van der Waals surface area contributed by atoms with Gasteiger partial charge in [0.15, 0.2) is 0 Å². The molecule has 5 rings (SSSR count). The summed E-state index contributed by atoms with van der Waals surface area (Å²) in [5.74, 6) is 3.14. The van der Waals surface area contributed by atoms with Gasteiger partial charge in [0, 0.05) is 35.9 Å². The van der Waals surface area contributed by atoms with Gasteiger partial charge in [0.25, 0.3) is 0 Å². The van der Waals surface area contributed by atoms with Crippen LogP contribution in [0.15, 0.2) is 36.7 Å². The van der Waals surface area contributed by atoms with Crippen LogP contribution in [0.4, 0.5) is 5.82 Å². The van der Waals surface area contributed by atoms with Gasteiger partial charge < -0.3 is 15.2 Å². The number of nitrogens with zero attached hydrogens (tertiary/aromatic N) is 3. The molecule has 0 spiro atoms. The van der Waals surface area contributed by atoms with Crippen LogP contribution in [0.25, 0.3) is 22.2 Å². The van der Waals surface area contributed by atoms with Gasteiger partial charge in [-0.25, -0.2) is 9.97 Å². The minimum absolute atomic E-state index is 0.408. The highest BCUT2D eigenvalue weighted by atomic mass is 35.5. The Hall–Kier alpha value is -2.11. The monoisotopic (exact) mass is 423 g/mol. The first-order valence-corrected chi connectivity index (χ1v) is 11.7. The topological polar surface area (TPSA) is 56.8 Å². The molecule has 5 nitrogen and oxygen atoms in total. The van der Waals surface area contributed by atoms with E-state index in [0.29, 0.717) is 11.9 Å². The second-order valence-electron chi connectivity index (χ2n) is 9.03. The Morgan fingerprint density at radius 1 is 1.17 bits per heavy atom. The molecule has 2 N–H and O–H groups in total. The third-order valence-electron chi connectivity index (χ3n) is 7.00. The summed E-state index contributed by atoms with van der Waals surface area (Å²) in [4.78, 5) is 14.9. The minimum atomic E-state index is 0.408. The molecule has 1 unspecified atom stereocenters. The number of anilines is 1. The lowest BCUT2D eigenvalue weighted by molar-refractivity contribution is 0.238. The summed E-state index contributed by atoms with van der Waals surface area (Å²) in [5, 5.41) is 4.84. The molecule has 1 saturated heterocycles. The Labute approximate surface area is 183 Å². The number of fused-ring (bicyclic) bond motifs is 1. The molecule has 2 aliphatic rings. The number of likely N-dealkylation sites (tertiary alicyclic amines) is 1. The van der Waals surface area contributed by atoms with Gasteiger partial charge in [-0.1, -0.05) is 0 Å². The van der Waals surface area contributed by atoms with Crippen molar-refractivity contribution in [2.45, 2.75) is 44.0 Å². The highest BCUT2D eigenvalue weighted by molar-refractivity contribution is 6.17. The van der Waals surface area contributed by atoms with Crippen molar-refractivity contribution in [3.63, 3.8) is 0 Å². The summed E-state index contributed by atoms with van der Waals surface area (Å²) >= 11 is 6.18. The van der Waals surface area contributed by atoms with Crippen LogP contribution in [-0.2, 0) is 5.88 Å². The fourth-order valence-electron chi connectivity index (χ4n) is 5.38. The van der Waals surface area contributed by atoms with Gasteiger partial charge in [0.1, 0.15) is 11.5 Å². The van der Waals surface area contributed by atoms with Crippen molar-refractivity contribution in [1.82, 2.24) is 19.9 Å². The molecule has 3 aromatic rings. The SMILES string of the molecule is CN1CCC(C2CCC(Nc3cc(-c4c[nH]c5ncccc45)cc(CCl)n3)CC2)C1. The summed E-state index contributed by atoms with van der Waals surface area (Å²) in [7, 11) is 2.25. The Morgan fingerprint density at radius 2 is 2.03 bits per heavy atom. The van der Waals surface area contributed by atoms with Crippen molar-refractivity contribution in [2.24, 2.45) is 11.8 Å². The molecule has 1 saturated carbocycles. The first-order valence-electron chi connectivity index (χ1n) is 11.1. The van der Waals surface area contributed by atoms with Crippen LogP contribution in [0.1, 0.15) is 37.8 Å². The van der Waals surface area contributed by atoms with Crippen LogP contribution in [-0.4, -0.2) is 46.0 Å². The fraction of sp³-hybridized carbons (Fsp3) is 0.500. The zero-order chi connectivity index (χ0) is 20.5. The smallest absolute Gasteiger partial charge is 0.137 e. The Kier molecular flexibility index (Phi) is 5.66. The van der Waals surface area contributed by atoms with Gasteiger partial charge in [0.05, 0.1) is 11.6 Å². The molecule has 0 bridgehead atoms. The van der Waals surface area contributed by atoms with Crippen molar-refractivity contribution < 1.29 is 0 Å². The maximum absolute atomic E-state index is 6.18. The number of alkyl halides is 1. The quantitative estimate of drug-likeness (QED) is 0.547. The molecule has 1 atom stereocenters. The lowest BCUT2D eigenvalue weighted by Gasteiger charge is -2.33. The molecular weight excluding hydrogens is 394 g/mol. The molecular formula is C24H30ClN5. The summed E-state index contributed by atoms with van der Waals surface area (Å²) in [6, 6.07) is 8.81. The molecule has 1 aliphatic carbocycles. The predicted octanol–water partition coefficient (Wildman–Crippen LogP) is 5.29. The molecule has 0 radical (unpaired) electrons. The molecule has 30 heavy (non-hydrogen) atoms. The molecule has 0 aromatic carbocycles. The average molecular weight is 424 g/mol. The third kappa shape index (κ3) is 4.06. The lowest BCUT2D eigenvalue weighted by atomic mass is 9.78. The molecule has 2 fully saturated rings. The predicted molar refractivity (Wildman–Crippen MR) is 124 cm³/mol. The largest absolute Gasteiger partial charge is 0.367 e. The number of H-pyrrole nitrogens is 1. The maximum atomic E-state index is 6.18. The molecule has 4 heterocycles. The van der Waals surface area contributed by atoms with Gasteiger partial charge in [-0.2, -0.15) is 0 Å². The number of aromatic amines is 1. The van der Waals surface area contributed by atoms with E-state index in [2.05, 4.69) is 45.4 Å². The second kappa shape index (κ2) is 8.56. The van der Waals surface area contributed by atoms with Crippen LogP contribution in [0.2, 0.25) is 0 Å². The number of nitrogens with one attached hydrogen (secondary N) is 2. The van der Waals surface area contributed by atoms with Crippen molar-refractivity contribution in [3.8, 4) is 11.1 Å². The standard InChI is InChI=1S/C24H30ClN5/c1-30-10-8-17(15-30)16-4-6-19(7-5-16)28-23-12-18(11-20(13-25)29-23)22-14-27-24-21(22)3-2-9-26-24/h2-3,9,11-12,14,16-17,19H,4-8,10,13,15H2,1H3,(H,26,27)(H,28,29). The zero-order valence-corrected chi connectivity index (χ0v) is 18.3. The van der Waals surface area contributed by atoms with E-state index in [1.165, 1.54) is 45.2 Å². The first kappa shape index (κ1) is 19.8. The highest BCUT2D eigenvalue weighted by Crippen LogP contribution is 2.36. The Balaban J connectivity index is 1.31. The van der Waals surface area contributed by atoms with Gasteiger partial charge in [0.2, 0.25) is 0 Å². The molecule has 3 aromatic heterocycles. The Morgan fingerprint density at radius 3 is 2.80 bits per heavy atom. The number of halogens is 1. The van der Waals surface area contributed by atoms with Crippen molar-refractivity contribution in [1.29, 1.82) is 0 Å². The van der Waals surface area contributed by atoms with E-state index in [1.807, 2.05) is 18.5 Å². The van der Waals surface area contributed by atoms with Gasteiger partial charge in [-0.05, 0) is 87.4 Å². The van der Waals surface area contributed by atoms with Crippen molar-refractivity contribution in [3.05, 3.63) is 42.4 Å². The normalized spacial score (nSPS) is 25.1. The van der Waals surface area contributed by atoms with Crippen molar-refractivity contribution in [2.75, 3.05) is 25.5 Å². The van der Waals surface area contributed by atoms with E-state index < -0.39 is 0 Å². The van der Waals surface area contributed by atoms with Crippen LogP contribution in [0.5, 0.6) is 0 Å². The van der Waals surface area contributed by atoms with E-state index in [4.69, 9.17) is 16.6 Å². The fourth-order valence-corrected chi connectivity index (χ4v) is 5.52. The minimum Gasteiger partial charge on any atom is -0.367 e. The summed E-state index contributed by atoms with van der Waals surface area (Å²) < 4.78 is 0. The van der Waals surface area contributed by atoms with E-state index in [1.54, 1.807) is 0 Å². The Bertz CT molecular complexity index is 1010. The molecule has 6 heteroatoms. The van der Waals surface area contributed by atoms with Gasteiger partial charge in [-0.3, -0.25) is 0 Å². The van der Waals surface area contributed by atoms with E-state index in [0.717, 1.165) is 45.5 Å². The van der Waals surface area contributed by atoms with Crippen molar-refractivity contribution >= 4 is 28.5 Å². The van der Waals surface area contributed by atoms with Crippen LogP contribution in [0, 0.1) is 11.8 Å². The van der Waals surface area contributed by atoms with Crippen LogP contribution in [0.3, 0.4) is 0 Å². The molecule has 1 aliphatic heterocycles. The summed E-state index contributed by atoms with van der Waals surface area (Å²) in [6.07, 6.45) is 10.3.